The first-order valence-electron chi connectivity index (χ1n) is 5.48. The Morgan fingerprint density at radius 1 is 1.35 bits per heavy atom. The molecule has 0 spiro atoms. The topological polar surface area (TPSA) is 55.1 Å². The maximum atomic E-state index is 11.9. The third kappa shape index (κ3) is 2.41. The van der Waals surface area contributed by atoms with E-state index in [2.05, 4.69) is 5.32 Å². The lowest BCUT2D eigenvalue weighted by Crippen LogP contribution is -2.56. The SMILES string of the molecule is Cc1cc(Cl)c(NC(=O)C2(N)CCC2)cc1Cl. The molecule has 0 unspecified atom stereocenters. The smallest absolute Gasteiger partial charge is 0.244 e. The molecule has 1 aromatic rings. The third-order valence-corrected chi connectivity index (χ3v) is 3.91. The molecule has 0 heterocycles. The molecule has 0 radical (unpaired) electrons. The van der Waals surface area contributed by atoms with E-state index >= 15 is 0 Å². The number of rotatable bonds is 2. The minimum Gasteiger partial charge on any atom is -0.323 e. The van der Waals surface area contributed by atoms with E-state index in [1.807, 2.05) is 6.92 Å². The van der Waals surface area contributed by atoms with Gasteiger partial charge in [-0.25, -0.2) is 0 Å². The van der Waals surface area contributed by atoms with E-state index < -0.39 is 5.54 Å². The molecule has 1 aliphatic rings. The molecule has 3 nitrogen and oxygen atoms in total. The van der Waals surface area contributed by atoms with Crippen LogP contribution >= 0.6 is 23.2 Å². The Labute approximate surface area is 110 Å². The van der Waals surface area contributed by atoms with Crippen molar-refractivity contribution in [2.75, 3.05) is 5.32 Å². The number of benzene rings is 1. The minimum atomic E-state index is -0.735. The summed E-state index contributed by atoms with van der Waals surface area (Å²) in [7, 11) is 0. The van der Waals surface area contributed by atoms with E-state index in [0.717, 1.165) is 24.8 Å². The van der Waals surface area contributed by atoms with Gasteiger partial charge in [0.25, 0.3) is 0 Å². The first kappa shape index (κ1) is 12.7. The molecule has 5 heteroatoms. The number of carbonyl (C=O) groups excluding carboxylic acids is 1. The van der Waals surface area contributed by atoms with Gasteiger partial charge in [0.2, 0.25) is 5.91 Å². The zero-order valence-electron chi connectivity index (χ0n) is 9.52. The van der Waals surface area contributed by atoms with Crippen molar-refractivity contribution in [2.45, 2.75) is 31.7 Å². The van der Waals surface area contributed by atoms with Crippen LogP contribution in [0.5, 0.6) is 0 Å². The highest BCUT2D eigenvalue weighted by atomic mass is 35.5. The average molecular weight is 273 g/mol. The van der Waals surface area contributed by atoms with Crippen molar-refractivity contribution >= 4 is 34.8 Å². The summed E-state index contributed by atoms with van der Waals surface area (Å²) in [6.45, 7) is 1.86. The number of nitrogens with two attached hydrogens (primary N) is 1. The van der Waals surface area contributed by atoms with Gasteiger partial charge in [0.1, 0.15) is 0 Å². The number of carbonyl (C=O) groups is 1. The summed E-state index contributed by atoms with van der Waals surface area (Å²) in [6, 6.07) is 3.38. The van der Waals surface area contributed by atoms with Crippen LogP contribution in [0.4, 0.5) is 5.69 Å². The molecule has 2 rings (SSSR count). The van der Waals surface area contributed by atoms with E-state index in [0.29, 0.717) is 15.7 Å². The highest BCUT2D eigenvalue weighted by Gasteiger charge is 2.40. The Balaban J connectivity index is 2.19. The highest BCUT2D eigenvalue weighted by Crippen LogP contribution is 2.33. The number of hydrogen-bond donors (Lipinski definition) is 2. The molecule has 1 aliphatic carbocycles. The van der Waals surface area contributed by atoms with E-state index in [-0.39, 0.29) is 5.91 Å². The lowest BCUT2D eigenvalue weighted by molar-refractivity contribution is -0.123. The molecule has 0 bridgehead atoms. The fourth-order valence-electron chi connectivity index (χ4n) is 1.77. The normalized spacial score (nSPS) is 17.4. The van der Waals surface area contributed by atoms with Crippen molar-refractivity contribution in [3.63, 3.8) is 0 Å². The minimum absolute atomic E-state index is 0.189. The Morgan fingerprint density at radius 2 is 2.00 bits per heavy atom. The molecule has 0 saturated heterocycles. The number of hydrogen-bond acceptors (Lipinski definition) is 2. The van der Waals surface area contributed by atoms with Crippen molar-refractivity contribution < 1.29 is 4.79 Å². The van der Waals surface area contributed by atoms with Gasteiger partial charge in [-0.2, -0.15) is 0 Å². The predicted molar refractivity (Wildman–Crippen MR) is 70.6 cm³/mol. The van der Waals surface area contributed by atoms with E-state index in [1.54, 1.807) is 12.1 Å². The second kappa shape index (κ2) is 4.48. The molecule has 17 heavy (non-hydrogen) atoms. The van der Waals surface area contributed by atoms with Gasteiger partial charge >= 0.3 is 0 Å². The Kier molecular flexibility index (Phi) is 3.34. The van der Waals surface area contributed by atoms with Crippen molar-refractivity contribution in [1.82, 2.24) is 0 Å². The first-order valence-corrected chi connectivity index (χ1v) is 6.24. The number of anilines is 1. The Morgan fingerprint density at radius 3 is 2.53 bits per heavy atom. The summed E-state index contributed by atoms with van der Waals surface area (Å²) in [5.41, 5.74) is 6.58. The summed E-state index contributed by atoms with van der Waals surface area (Å²) in [6.07, 6.45) is 2.43. The largest absolute Gasteiger partial charge is 0.323 e. The lowest BCUT2D eigenvalue weighted by atomic mass is 9.77. The van der Waals surface area contributed by atoms with Crippen LogP contribution in [0.25, 0.3) is 0 Å². The summed E-state index contributed by atoms with van der Waals surface area (Å²) in [5, 5.41) is 3.79. The number of nitrogens with one attached hydrogen (secondary N) is 1. The van der Waals surface area contributed by atoms with Crippen molar-refractivity contribution in [3.05, 3.63) is 27.7 Å². The molecule has 1 aromatic carbocycles. The summed E-state index contributed by atoms with van der Waals surface area (Å²) >= 11 is 12.0. The molecule has 92 valence electrons. The summed E-state index contributed by atoms with van der Waals surface area (Å²) in [4.78, 5) is 11.9. The van der Waals surface area contributed by atoms with E-state index in [1.165, 1.54) is 0 Å². The zero-order valence-corrected chi connectivity index (χ0v) is 11.0. The maximum Gasteiger partial charge on any atom is 0.244 e. The summed E-state index contributed by atoms with van der Waals surface area (Å²) in [5.74, 6) is -0.189. The van der Waals surface area contributed by atoms with Gasteiger partial charge in [-0.15, -0.1) is 0 Å². The van der Waals surface area contributed by atoms with E-state index in [9.17, 15) is 4.79 Å². The molecule has 0 atom stereocenters. The molecule has 3 N–H and O–H groups in total. The summed E-state index contributed by atoms with van der Waals surface area (Å²) < 4.78 is 0. The van der Waals surface area contributed by atoms with Crippen LogP contribution in [-0.2, 0) is 4.79 Å². The van der Waals surface area contributed by atoms with Crippen molar-refractivity contribution in [2.24, 2.45) is 5.73 Å². The van der Waals surface area contributed by atoms with Crippen LogP contribution in [0.2, 0.25) is 10.0 Å². The number of amides is 1. The average Bonchev–Trinajstić information content (AvgIpc) is 2.22. The fourth-order valence-corrected chi connectivity index (χ4v) is 2.20. The number of halogens is 2. The molecular formula is C12H14Cl2N2O. The first-order chi connectivity index (χ1) is 7.92. The Bertz CT molecular complexity index is 470. The van der Waals surface area contributed by atoms with Crippen LogP contribution in [0.15, 0.2) is 12.1 Å². The molecule has 0 aromatic heterocycles. The molecule has 1 fully saturated rings. The number of aryl methyl sites for hydroxylation is 1. The molecule has 1 saturated carbocycles. The van der Waals surface area contributed by atoms with Gasteiger partial charge < -0.3 is 11.1 Å². The zero-order chi connectivity index (χ0) is 12.6. The third-order valence-electron chi connectivity index (χ3n) is 3.19. The van der Waals surface area contributed by atoms with Gasteiger partial charge in [0.05, 0.1) is 16.2 Å². The molecular weight excluding hydrogens is 259 g/mol. The van der Waals surface area contributed by atoms with Crippen LogP contribution in [-0.4, -0.2) is 11.4 Å². The maximum absolute atomic E-state index is 11.9. The quantitative estimate of drug-likeness (QED) is 0.869. The van der Waals surface area contributed by atoms with Crippen LogP contribution < -0.4 is 11.1 Å². The highest BCUT2D eigenvalue weighted by molar-refractivity contribution is 6.36. The standard InChI is InChI=1S/C12H14Cl2N2O/c1-7-5-9(14)10(6-8(7)13)16-11(17)12(15)3-2-4-12/h5-6H,2-4,15H2,1H3,(H,16,17). The van der Waals surface area contributed by atoms with Gasteiger partial charge in [0.15, 0.2) is 0 Å². The van der Waals surface area contributed by atoms with Crippen LogP contribution in [0.1, 0.15) is 24.8 Å². The second-order valence-electron chi connectivity index (χ2n) is 4.55. The second-order valence-corrected chi connectivity index (χ2v) is 5.36. The van der Waals surface area contributed by atoms with Crippen molar-refractivity contribution in [3.8, 4) is 0 Å². The fraction of sp³-hybridized carbons (Fsp3) is 0.417. The van der Waals surface area contributed by atoms with Gasteiger partial charge in [0, 0.05) is 5.02 Å². The van der Waals surface area contributed by atoms with Gasteiger partial charge in [-0.05, 0) is 43.9 Å². The van der Waals surface area contributed by atoms with Crippen molar-refractivity contribution in [1.29, 1.82) is 0 Å². The van der Waals surface area contributed by atoms with Crippen LogP contribution in [0.3, 0.4) is 0 Å². The van der Waals surface area contributed by atoms with Gasteiger partial charge in [-0.1, -0.05) is 23.2 Å². The monoisotopic (exact) mass is 272 g/mol. The van der Waals surface area contributed by atoms with Gasteiger partial charge in [-0.3, -0.25) is 4.79 Å². The lowest BCUT2D eigenvalue weighted by Gasteiger charge is -2.36. The predicted octanol–water partition coefficient (Wildman–Crippen LogP) is 3.12. The molecule has 0 aliphatic heterocycles. The Hall–Kier alpha value is -0.770. The molecule has 1 amide bonds. The van der Waals surface area contributed by atoms with Crippen LogP contribution in [0, 0.1) is 6.92 Å². The van der Waals surface area contributed by atoms with E-state index in [4.69, 9.17) is 28.9 Å².